The SMILES string of the molecule is Cc1ccc(N)c(NC(=O)Nc2ccccc2Cl)c1. The van der Waals surface area contributed by atoms with Crippen LogP contribution in [0.15, 0.2) is 42.5 Å². The standard InChI is InChI=1S/C14H14ClN3O/c1-9-6-7-11(16)13(8-9)18-14(19)17-12-5-3-2-4-10(12)15/h2-8H,16H2,1H3,(H2,17,18,19). The normalized spacial score (nSPS) is 10.0. The monoisotopic (exact) mass is 275 g/mol. The van der Waals surface area contributed by atoms with Crippen LogP contribution >= 0.6 is 11.6 Å². The van der Waals surface area contributed by atoms with E-state index in [0.29, 0.717) is 22.1 Å². The molecule has 2 aromatic carbocycles. The van der Waals surface area contributed by atoms with Crippen LogP contribution in [-0.2, 0) is 0 Å². The molecule has 0 unspecified atom stereocenters. The molecule has 2 amide bonds. The van der Waals surface area contributed by atoms with Gasteiger partial charge < -0.3 is 16.4 Å². The van der Waals surface area contributed by atoms with Gasteiger partial charge in [-0.15, -0.1) is 0 Å². The van der Waals surface area contributed by atoms with Crippen molar-refractivity contribution in [1.29, 1.82) is 0 Å². The molecule has 0 fully saturated rings. The van der Waals surface area contributed by atoms with Gasteiger partial charge in [0.05, 0.1) is 22.1 Å². The summed E-state index contributed by atoms with van der Waals surface area (Å²) in [6.45, 7) is 1.93. The molecule has 2 rings (SSSR count). The number of nitrogens with two attached hydrogens (primary N) is 1. The summed E-state index contributed by atoms with van der Waals surface area (Å²) in [5.74, 6) is 0. The van der Waals surface area contributed by atoms with Crippen LogP contribution in [0, 0.1) is 6.92 Å². The summed E-state index contributed by atoms with van der Waals surface area (Å²) in [4.78, 5) is 11.9. The number of nitrogens with one attached hydrogen (secondary N) is 2. The lowest BCUT2D eigenvalue weighted by Crippen LogP contribution is -2.20. The van der Waals surface area contributed by atoms with Crippen molar-refractivity contribution >= 4 is 34.7 Å². The molecule has 0 atom stereocenters. The van der Waals surface area contributed by atoms with Crippen molar-refractivity contribution in [3.63, 3.8) is 0 Å². The molecule has 4 nitrogen and oxygen atoms in total. The maximum atomic E-state index is 11.9. The van der Waals surface area contributed by atoms with Crippen LogP contribution in [-0.4, -0.2) is 6.03 Å². The summed E-state index contributed by atoms with van der Waals surface area (Å²) in [6, 6.07) is 12.1. The lowest BCUT2D eigenvalue weighted by molar-refractivity contribution is 0.262. The fourth-order valence-corrected chi connectivity index (χ4v) is 1.80. The van der Waals surface area contributed by atoms with Gasteiger partial charge in [-0.3, -0.25) is 0 Å². The fourth-order valence-electron chi connectivity index (χ4n) is 1.62. The Kier molecular flexibility index (Phi) is 3.92. The van der Waals surface area contributed by atoms with E-state index in [9.17, 15) is 4.79 Å². The quantitative estimate of drug-likeness (QED) is 0.728. The van der Waals surface area contributed by atoms with E-state index in [1.165, 1.54) is 0 Å². The first-order valence-corrected chi connectivity index (χ1v) is 6.13. The third kappa shape index (κ3) is 3.39. The van der Waals surface area contributed by atoms with Crippen LogP contribution in [0.4, 0.5) is 21.9 Å². The van der Waals surface area contributed by atoms with Crippen LogP contribution in [0.2, 0.25) is 5.02 Å². The molecule has 0 bridgehead atoms. The van der Waals surface area contributed by atoms with E-state index in [-0.39, 0.29) is 6.03 Å². The Hall–Kier alpha value is -2.20. The number of halogens is 1. The van der Waals surface area contributed by atoms with E-state index in [1.807, 2.05) is 19.1 Å². The minimum Gasteiger partial charge on any atom is -0.397 e. The molecule has 98 valence electrons. The van der Waals surface area contributed by atoms with Crippen molar-refractivity contribution in [2.45, 2.75) is 6.92 Å². The zero-order valence-electron chi connectivity index (χ0n) is 10.4. The lowest BCUT2D eigenvalue weighted by Gasteiger charge is -2.11. The number of hydrogen-bond donors (Lipinski definition) is 3. The molecule has 0 radical (unpaired) electrons. The van der Waals surface area contributed by atoms with E-state index in [0.717, 1.165) is 5.56 Å². The van der Waals surface area contributed by atoms with Gasteiger partial charge >= 0.3 is 6.03 Å². The average molecular weight is 276 g/mol. The van der Waals surface area contributed by atoms with Crippen molar-refractivity contribution in [1.82, 2.24) is 0 Å². The summed E-state index contributed by atoms with van der Waals surface area (Å²) >= 11 is 5.96. The highest BCUT2D eigenvalue weighted by Crippen LogP contribution is 2.22. The zero-order valence-corrected chi connectivity index (χ0v) is 11.2. The maximum Gasteiger partial charge on any atom is 0.323 e. The van der Waals surface area contributed by atoms with Crippen molar-refractivity contribution in [2.75, 3.05) is 16.4 Å². The lowest BCUT2D eigenvalue weighted by atomic mass is 10.2. The molecule has 0 aliphatic heterocycles. The molecule has 0 aliphatic rings. The number of carbonyl (C=O) groups excluding carboxylic acids is 1. The van der Waals surface area contributed by atoms with Crippen LogP contribution in [0.1, 0.15) is 5.56 Å². The Morgan fingerprint density at radius 3 is 2.53 bits per heavy atom. The average Bonchev–Trinajstić information content (AvgIpc) is 2.37. The van der Waals surface area contributed by atoms with Crippen LogP contribution in [0.3, 0.4) is 0 Å². The Morgan fingerprint density at radius 1 is 1.11 bits per heavy atom. The molecule has 4 N–H and O–H groups in total. The van der Waals surface area contributed by atoms with Crippen LogP contribution in [0.5, 0.6) is 0 Å². The van der Waals surface area contributed by atoms with E-state index in [2.05, 4.69) is 10.6 Å². The summed E-state index contributed by atoms with van der Waals surface area (Å²) < 4.78 is 0. The molecular formula is C14H14ClN3O. The van der Waals surface area contributed by atoms with Gasteiger partial charge in [0.2, 0.25) is 0 Å². The molecule has 2 aromatic rings. The Morgan fingerprint density at radius 2 is 1.79 bits per heavy atom. The van der Waals surface area contributed by atoms with E-state index in [4.69, 9.17) is 17.3 Å². The number of aryl methyl sites for hydroxylation is 1. The number of urea groups is 1. The fraction of sp³-hybridized carbons (Fsp3) is 0.0714. The molecule has 19 heavy (non-hydrogen) atoms. The smallest absolute Gasteiger partial charge is 0.323 e. The number of hydrogen-bond acceptors (Lipinski definition) is 2. The topological polar surface area (TPSA) is 67.1 Å². The van der Waals surface area contributed by atoms with Gasteiger partial charge in [0, 0.05) is 0 Å². The Labute approximate surface area is 116 Å². The molecule has 0 heterocycles. The Balaban J connectivity index is 2.10. The van der Waals surface area contributed by atoms with Gasteiger partial charge in [-0.05, 0) is 36.8 Å². The largest absolute Gasteiger partial charge is 0.397 e. The van der Waals surface area contributed by atoms with Gasteiger partial charge in [-0.25, -0.2) is 4.79 Å². The number of amides is 2. The molecule has 0 aromatic heterocycles. The highest BCUT2D eigenvalue weighted by atomic mass is 35.5. The van der Waals surface area contributed by atoms with Crippen molar-refractivity contribution < 1.29 is 4.79 Å². The molecule has 5 heteroatoms. The van der Waals surface area contributed by atoms with Crippen LogP contribution in [0.25, 0.3) is 0 Å². The number of anilines is 3. The molecule has 0 saturated carbocycles. The summed E-state index contributed by atoms with van der Waals surface area (Å²) in [6.07, 6.45) is 0. The van der Waals surface area contributed by atoms with Gasteiger partial charge in [-0.1, -0.05) is 29.8 Å². The first kappa shape index (κ1) is 13.2. The molecular weight excluding hydrogens is 262 g/mol. The second-order valence-electron chi connectivity index (χ2n) is 4.15. The highest BCUT2D eigenvalue weighted by molar-refractivity contribution is 6.33. The highest BCUT2D eigenvalue weighted by Gasteiger charge is 2.07. The zero-order chi connectivity index (χ0) is 13.8. The van der Waals surface area contributed by atoms with Gasteiger partial charge in [-0.2, -0.15) is 0 Å². The number of rotatable bonds is 2. The predicted octanol–water partition coefficient (Wildman–Crippen LogP) is 3.87. The second kappa shape index (κ2) is 5.63. The van der Waals surface area contributed by atoms with Crippen molar-refractivity contribution in [3.8, 4) is 0 Å². The maximum absolute atomic E-state index is 11.9. The molecule has 0 saturated heterocycles. The number of para-hydroxylation sites is 1. The van der Waals surface area contributed by atoms with E-state index in [1.54, 1.807) is 30.3 Å². The van der Waals surface area contributed by atoms with Crippen molar-refractivity contribution in [2.24, 2.45) is 0 Å². The molecule has 0 spiro atoms. The summed E-state index contributed by atoms with van der Waals surface area (Å²) in [5, 5.41) is 5.84. The number of nitrogen functional groups attached to an aromatic ring is 1. The van der Waals surface area contributed by atoms with Gasteiger partial charge in [0.25, 0.3) is 0 Å². The van der Waals surface area contributed by atoms with Crippen LogP contribution < -0.4 is 16.4 Å². The minimum atomic E-state index is -0.384. The Bertz CT molecular complexity index is 613. The second-order valence-corrected chi connectivity index (χ2v) is 4.56. The first-order chi connectivity index (χ1) is 9.06. The van der Waals surface area contributed by atoms with E-state index < -0.39 is 0 Å². The summed E-state index contributed by atoms with van der Waals surface area (Å²) in [7, 11) is 0. The summed E-state index contributed by atoms with van der Waals surface area (Å²) in [5.41, 5.74) is 8.44. The van der Waals surface area contributed by atoms with E-state index >= 15 is 0 Å². The predicted molar refractivity (Wildman–Crippen MR) is 79.7 cm³/mol. The number of benzene rings is 2. The van der Waals surface area contributed by atoms with Gasteiger partial charge in [0.1, 0.15) is 0 Å². The third-order valence-electron chi connectivity index (χ3n) is 2.58. The molecule has 0 aliphatic carbocycles. The van der Waals surface area contributed by atoms with Crippen molar-refractivity contribution in [3.05, 3.63) is 53.1 Å². The first-order valence-electron chi connectivity index (χ1n) is 5.75. The third-order valence-corrected chi connectivity index (χ3v) is 2.91. The van der Waals surface area contributed by atoms with Gasteiger partial charge in [0.15, 0.2) is 0 Å². The minimum absolute atomic E-state index is 0.384. The number of carbonyl (C=O) groups is 1.